The van der Waals surface area contributed by atoms with Crippen molar-refractivity contribution in [2.45, 2.75) is 31.2 Å². The summed E-state index contributed by atoms with van der Waals surface area (Å²) in [5.41, 5.74) is 3.33. The fourth-order valence-electron chi connectivity index (χ4n) is 2.65. The molecule has 0 aliphatic carbocycles. The smallest absolute Gasteiger partial charge is 0.123 e. The zero-order valence-electron chi connectivity index (χ0n) is 11.5. The van der Waals surface area contributed by atoms with Crippen molar-refractivity contribution < 1.29 is 4.74 Å². The molecule has 0 spiro atoms. The first kappa shape index (κ1) is 14.0. The molecule has 1 heterocycles. The number of halogens is 2. The highest BCUT2D eigenvalue weighted by atomic mass is 79.9. The molecule has 2 aromatic rings. The molecule has 20 heavy (non-hydrogen) atoms. The van der Waals surface area contributed by atoms with E-state index >= 15 is 0 Å². The van der Waals surface area contributed by atoms with Gasteiger partial charge in [0.05, 0.1) is 5.38 Å². The molecule has 3 heteroatoms. The summed E-state index contributed by atoms with van der Waals surface area (Å²) in [7, 11) is 0. The van der Waals surface area contributed by atoms with Crippen molar-refractivity contribution in [3.05, 3.63) is 63.6 Å². The topological polar surface area (TPSA) is 9.23 Å². The van der Waals surface area contributed by atoms with Crippen molar-refractivity contribution in [1.29, 1.82) is 0 Å². The zero-order valence-corrected chi connectivity index (χ0v) is 13.8. The molecular formula is C17H16BrClO. The van der Waals surface area contributed by atoms with Gasteiger partial charge in [0, 0.05) is 10.9 Å². The second-order valence-electron chi connectivity index (χ2n) is 5.79. The second-order valence-corrected chi connectivity index (χ2v) is 7.08. The minimum Gasteiger partial charge on any atom is -0.487 e. The van der Waals surface area contributed by atoms with Gasteiger partial charge in [0.15, 0.2) is 0 Å². The third-order valence-electron chi connectivity index (χ3n) is 3.56. The predicted molar refractivity (Wildman–Crippen MR) is 86.7 cm³/mol. The molecule has 0 amide bonds. The van der Waals surface area contributed by atoms with Crippen molar-refractivity contribution in [3.8, 4) is 5.75 Å². The lowest BCUT2D eigenvalue weighted by Gasteiger charge is -2.16. The Kier molecular flexibility index (Phi) is 3.55. The van der Waals surface area contributed by atoms with Gasteiger partial charge >= 0.3 is 0 Å². The van der Waals surface area contributed by atoms with E-state index in [1.165, 1.54) is 5.56 Å². The molecule has 0 bridgehead atoms. The summed E-state index contributed by atoms with van der Waals surface area (Å²) in [5.74, 6) is 0.981. The molecule has 0 N–H and O–H groups in total. The fourth-order valence-corrected chi connectivity index (χ4v) is 3.62. The first-order valence-electron chi connectivity index (χ1n) is 6.67. The molecule has 0 saturated carbocycles. The van der Waals surface area contributed by atoms with Crippen LogP contribution in [-0.4, -0.2) is 5.60 Å². The normalized spacial score (nSPS) is 17.4. The standard InChI is InChI=1S/C17H16BrClO/c1-17(2)10-12-9-11(7-8-15(12)20-17)16(19)13-5-3-4-6-14(13)18/h3-9,16H,10H2,1-2H3. The van der Waals surface area contributed by atoms with Crippen LogP contribution in [0.3, 0.4) is 0 Å². The van der Waals surface area contributed by atoms with Crippen molar-refractivity contribution in [1.82, 2.24) is 0 Å². The first-order valence-corrected chi connectivity index (χ1v) is 7.89. The van der Waals surface area contributed by atoms with Gasteiger partial charge in [-0.2, -0.15) is 0 Å². The molecule has 1 aliphatic heterocycles. The molecule has 1 unspecified atom stereocenters. The van der Waals surface area contributed by atoms with E-state index in [9.17, 15) is 0 Å². The fraction of sp³-hybridized carbons (Fsp3) is 0.294. The molecular weight excluding hydrogens is 336 g/mol. The van der Waals surface area contributed by atoms with Crippen molar-refractivity contribution >= 4 is 27.5 Å². The number of alkyl halides is 1. The van der Waals surface area contributed by atoms with Crippen LogP contribution in [0.15, 0.2) is 46.9 Å². The third kappa shape index (κ3) is 2.59. The monoisotopic (exact) mass is 350 g/mol. The number of rotatable bonds is 2. The van der Waals surface area contributed by atoms with Crippen LogP contribution in [-0.2, 0) is 6.42 Å². The summed E-state index contributed by atoms with van der Waals surface area (Å²) in [6, 6.07) is 14.3. The Morgan fingerprint density at radius 1 is 1.20 bits per heavy atom. The maximum atomic E-state index is 6.64. The van der Waals surface area contributed by atoms with E-state index in [2.05, 4.69) is 48.0 Å². The summed E-state index contributed by atoms with van der Waals surface area (Å²) >= 11 is 10.2. The molecule has 3 rings (SSSR count). The van der Waals surface area contributed by atoms with Crippen molar-refractivity contribution in [3.63, 3.8) is 0 Å². The Morgan fingerprint density at radius 3 is 2.70 bits per heavy atom. The third-order valence-corrected chi connectivity index (χ3v) is 4.77. The number of hydrogen-bond acceptors (Lipinski definition) is 1. The Balaban J connectivity index is 1.95. The van der Waals surface area contributed by atoms with Gasteiger partial charge in [-0.15, -0.1) is 11.6 Å². The highest BCUT2D eigenvalue weighted by Gasteiger charge is 2.30. The van der Waals surface area contributed by atoms with Crippen LogP contribution < -0.4 is 4.74 Å². The minimum absolute atomic E-state index is 0.115. The Morgan fingerprint density at radius 2 is 1.95 bits per heavy atom. The summed E-state index contributed by atoms with van der Waals surface area (Å²) in [4.78, 5) is 0. The van der Waals surface area contributed by atoms with Crippen molar-refractivity contribution in [2.24, 2.45) is 0 Å². The highest BCUT2D eigenvalue weighted by Crippen LogP contribution is 2.39. The number of ether oxygens (including phenoxy) is 1. The van der Waals surface area contributed by atoms with Gasteiger partial charge < -0.3 is 4.74 Å². The molecule has 0 radical (unpaired) electrons. The largest absolute Gasteiger partial charge is 0.487 e. The average molecular weight is 352 g/mol. The molecule has 2 aromatic carbocycles. The summed E-state index contributed by atoms with van der Waals surface area (Å²) < 4.78 is 6.95. The van der Waals surface area contributed by atoms with Gasteiger partial charge in [-0.1, -0.05) is 46.3 Å². The number of fused-ring (bicyclic) bond motifs is 1. The molecule has 1 aliphatic rings. The average Bonchev–Trinajstić information content (AvgIpc) is 2.71. The molecule has 1 atom stereocenters. The van der Waals surface area contributed by atoms with Gasteiger partial charge in [0.25, 0.3) is 0 Å². The van der Waals surface area contributed by atoms with E-state index in [1.54, 1.807) is 0 Å². The maximum absolute atomic E-state index is 6.64. The SMILES string of the molecule is CC1(C)Cc2cc(C(Cl)c3ccccc3Br)ccc2O1. The Labute approximate surface area is 133 Å². The number of benzene rings is 2. The second kappa shape index (κ2) is 5.09. The van der Waals surface area contributed by atoms with E-state index in [4.69, 9.17) is 16.3 Å². The van der Waals surface area contributed by atoms with E-state index in [-0.39, 0.29) is 11.0 Å². The predicted octanol–water partition coefficient (Wildman–Crippen LogP) is 5.49. The molecule has 104 valence electrons. The molecule has 1 nitrogen and oxygen atoms in total. The first-order chi connectivity index (χ1) is 9.46. The summed E-state index contributed by atoms with van der Waals surface area (Å²) in [6.45, 7) is 4.22. The van der Waals surface area contributed by atoms with Crippen LogP contribution in [0.1, 0.15) is 35.9 Å². The van der Waals surface area contributed by atoms with E-state index in [0.717, 1.165) is 27.8 Å². The quantitative estimate of drug-likeness (QED) is 0.650. The van der Waals surface area contributed by atoms with Crippen molar-refractivity contribution in [2.75, 3.05) is 0 Å². The lowest BCUT2D eigenvalue weighted by molar-refractivity contribution is 0.138. The Bertz CT molecular complexity index is 651. The lowest BCUT2D eigenvalue weighted by atomic mass is 9.97. The number of hydrogen-bond donors (Lipinski definition) is 0. The van der Waals surface area contributed by atoms with Gasteiger partial charge in [0.2, 0.25) is 0 Å². The van der Waals surface area contributed by atoms with Gasteiger partial charge in [-0.25, -0.2) is 0 Å². The maximum Gasteiger partial charge on any atom is 0.123 e. The van der Waals surface area contributed by atoms with Crippen LogP contribution in [0, 0.1) is 0 Å². The van der Waals surface area contributed by atoms with Gasteiger partial charge in [0.1, 0.15) is 11.4 Å². The van der Waals surface area contributed by atoms with E-state index in [1.807, 2.05) is 24.3 Å². The highest BCUT2D eigenvalue weighted by molar-refractivity contribution is 9.10. The zero-order chi connectivity index (χ0) is 14.3. The van der Waals surface area contributed by atoms with E-state index in [0.29, 0.717) is 0 Å². The van der Waals surface area contributed by atoms with Gasteiger partial charge in [-0.3, -0.25) is 0 Å². The lowest BCUT2D eigenvalue weighted by Crippen LogP contribution is -2.24. The van der Waals surface area contributed by atoms with Crippen LogP contribution in [0.25, 0.3) is 0 Å². The molecule has 0 fully saturated rings. The van der Waals surface area contributed by atoms with Crippen LogP contribution in [0.2, 0.25) is 0 Å². The summed E-state index contributed by atoms with van der Waals surface area (Å²) in [5, 5.41) is -0.153. The molecule has 0 aromatic heterocycles. The van der Waals surface area contributed by atoms with Crippen LogP contribution >= 0.6 is 27.5 Å². The molecule has 0 saturated heterocycles. The van der Waals surface area contributed by atoms with Crippen LogP contribution in [0.5, 0.6) is 5.75 Å². The summed E-state index contributed by atoms with van der Waals surface area (Å²) in [6.07, 6.45) is 0.926. The van der Waals surface area contributed by atoms with Gasteiger partial charge in [-0.05, 0) is 42.7 Å². The minimum atomic E-state index is -0.153. The van der Waals surface area contributed by atoms with Crippen LogP contribution in [0.4, 0.5) is 0 Å². The Hall–Kier alpha value is -0.990. The van der Waals surface area contributed by atoms with E-state index < -0.39 is 0 Å².